The first-order valence-electron chi connectivity index (χ1n) is 6.54. The first-order chi connectivity index (χ1) is 8.18. The summed E-state index contributed by atoms with van der Waals surface area (Å²) in [5.41, 5.74) is 1.43. The van der Waals surface area contributed by atoms with Gasteiger partial charge in [-0.1, -0.05) is 6.92 Å². The highest BCUT2D eigenvalue weighted by molar-refractivity contribution is 5.58. The Balaban J connectivity index is 2.23. The molecule has 17 heavy (non-hydrogen) atoms. The number of anilines is 2. The van der Waals surface area contributed by atoms with Crippen molar-refractivity contribution >= 4 is 11.6 Å². The molecule has 1 saturated carbocycles. The minimum Gasteiger partial charge on any atom is -0.370 e. The molecule has 2 rings (SSSR count). The zero-order valence-electron chi connectivity index (χ0n) is 11.0. The summed E-state index contributed by atoms with van der Waals surface area (Å²) in [4.78, 5) is 8.71. The van der Waals surface area contributed by atoms with Crippen LogP contribution in [-0.2, 0) is 6.42 Å². The van der Waals surface area contributed by atoms with Crippen LogP contribution in [0.25, 0.3) is 0 Å². The maximum atomic E-state index is 4.40. The molecule has 0 spiro atoms. The molecule has 1 aromatic heterocycles. The standard InChI is InChI=1S/C13H22N4/c1-4-10-11(14-5-2)15-9-16-12(10)17-13(3)7-6-8-13/h9H,4-8H2,1-3H3,(H2,14,15,16,17). The Morgan fingerprint density at radius 1 is 1.24 bits per heavy atom. The third-order valence-electron chi connectivity index (χ3n) is 3.52. The molecule has 4 heteroatoms. The van der Waals surface area contributed by atoms with Gasteiger partial charge >= 0.3 is 0 Å². The molecule has 0 aliphatic heterocycles. The van der Waals surface area contributed by atoms with E-state index in [1.54, 1.807) is 6.33 Å². The highest BCUT2D eigenvalue weighted by Crippen LogP contribution is 2.35. The smallest absolute Gasteiger partial charge is 0.135 e. The van der Waals surface area contributed by atoms with Crippen molar-refractivity contribution in [2.45, 2.75) is 52.0 Å². The summed E-state index contributed by atoms with van der Waals surface area (Å²) in [5, 5.41) is 6.88. The molecule has 1 aliphatic carbocycles. The molecular formula is C13H22N4. The third kappa shape index (κ3) is 2.51. The molecule has 0 radical (unpaired) electrons. The van der Waals surface area contributed by atoms with Gasteiger partial charge in [-0.3, -0.25) is 0 Å². The zero-order valence-corrected chi connectivity index (χ0v) is 11.0. The Kier molecular flexibility index (Phi) is 3.50. The van der Waals surface area contributed by atoms with Gasteiger partial charge in [0.1, 0.15) is 18.0 Å². The van der Waals surface area contributed by atoms with Gasteiger partial charge in [-0.25, -0.2) is 9.97 Å². The van der Waals surface area contributed by atoms with Crippen molar-refractivity contribution in [2.75, 3.05) is 17.2 Å². The summed E-state index contributed by atoms with van der Waals surface area (Å²) in [6.45, 7) is 7.39. The molecular weight excluding hydrogens is 212 g/mol. The van der Waals surface area contributed by atoms with Crippen LogP contribution in [0.4, 0.5) is 11.6 Å². The van der Waals surface area contributed by atoms with Gasteiger partial charge in [-0.15, -0.1) is 0 Å². The quantitative estimate of drug-likeness (QED) is 0.822. The monoisotopic (exact) mass is 234 g/mol. The van der Waals surface area contributed by atoms with Crippen molar-refractivity contribution < 1.29 is 0 Å². The summed E-state index contributed by atoms with van der Waals surface area (Å²) >= 11 is 0. The van der Waals surface area contributed by atoms with Gasteiger partial charge < -0.3 is 10.6 Å². The summed E-state index contributed by atoms with van der Waals surface area (Å²) in [6.07, 6.45) is 6.37. The highest BCUT2D eigenvalue weighted by atomic mass is 15.1. The predicted octanol–water partition coefficient (Wildman–Crippen LogP) is 2.83. The van der Waals surface area contributed by atoms with Crippen LogP contribution in [0.15, 0.2) is 6.33 Å². The Morgan fingerprint density at radius 3 is 2.47 bits per heavy atom. The fraction of sp³-hybridized carbons (Fsp3) is 0.692. The minimum atomic E-state index is 0.238. The molecule has 2 N–H and O–H groups in total. The first kappa shape index (κ1) is 12.1. The Hall–Kier alpha value is -1.32. The second-order valence-electron chi connectivity index (χ2n) is 4.97. The lowest BCUT2D eigenvalue weighted by atomic mass is 9.78. The minimum absolute atomic E-state index is 0.238. The van der Waals surface area contributed by atoms with Crippen LogP contribution in [0.3, 0.4) is 0 Å². The van der Waals surface area contributed by atoms with Gasteiger partial charge in [0, 0.05) is 17.6 Å². The van der Waals surface area contributed by atoms with Gasteiger partial charge in [0.05, 0.1) is 0 Å². The Morgan fingerprint density at radius 2 is 1.94 bits per heavy atom. The molecule has 0 unspecified atom stereocenters. The number of aromatic nitrogens is 2. The molecule has 0 amide bonds. The van der Waals surface area contributed by atoms with Crippen molar-refractivity contribution in [2.24, 2.45) is 0 Å². The van der Waals surface area contributed by atoms with Crippen molar-refractivity contribution in [3.05, 3.63) is 11.9 Å². The van der Waals surface area contributed by atoms with Crippen LogP contribution in [0.1, 0.15) is 45.6 Å². The lowest BCUT2D eigenvalue weighted by Crippen LogP contribution is -2.42. The van der Waals surface area contributed by atoms with E-state index in [0.29, 0.717) is 0 Å². The number of nitrogens with one attached hydrogen (secondary N) is 2. The van der Waals surface area contributed by atoms with Gasteiger partial charge in [0.25, 0.3) is 0 Å². The second-order valence-corrected chi connectivity index (χ2v) is 4.97. The molecule has 94 valence electrons. The topological polar surface area (TPSA) is 49.8 Å². The molecule has 1 heterocycles. The summed E-state index contributed by atoms with van der Waals surface area (Å²) in [5.74, 6) is 1.97. The van der Waals surface area contributed by atoms with E-state index in [9.17, 15) is 0 Å². The predicted molar refractivity (Wildman–Crippen MR) is 71.5 cm³/mol. The van der Waals surface area contributed by atoms with Crippen molar-refractivity contribution in [1.29, 1.82) is 0 Å². The Bertz CT molecular complexity index is 385. The van der Waals surface area contributed by atoms with E-state index in [1.165, 1.54) is 24.8 Å². The average molecular weight is 234 g/mol. The SMILES string of the molecule is CCNc1ncnc(NC2(C)CCC2)c1CC. The molecule has 4 nitrogen and oxygen atoms in total. The highest BCUT2D eigenvalue weighted by Gasteiger charge is 2.32. The zero-order chi connectivity index (χ0) is 12.3. The molecule has 0 atom stereocenters. The van der Waals surface area contributed by atoms with E-state index in [0.717, 1.165) is 24.6 Å². The average Bonchev–Trinajstić information content (AvgIpc) is 2.28. The summed E-state index contributed by atoms with van der Waals surface area (Å²) in [6, 6.07) is 0. The van der Waals surface area contributed by atoms with E-state index < -0.39 is 0 Å². The number of hydrogen-bond donors (Lipinski definition) is 2. The van der Waals surface area contributed by atoms with Crippen LogP contribution < -0.4 is 10.6 Å². The lowest BCUT2D eigenvalue weighted by Gasteiger charge is -2.40. The van der Waals surface area contributed by atoms with E-state index in [-0.39, 0.29) is 5.54 Å². The third-order valence-corrected chi connectivity index (χ3v) is 3.52. The molecule has 1 aliphatic rings. The number of nitrogens with zero attached hydrogens (tertiary/aromatic N) is 2. The van der Waals surface area contributed by atoms with E-state index >= 15 is 0 Å². The largest absolute Gasteiger partial charge is 0.370 e. The van der Waals surface area contributed by atoms with Gasteiger partial charge in [0.15, 0.2) is 0 Å². The first-order valence-corrected chi connectivity index (χ1v) is 6.54. The van der Waals surface area contributed by atoms with Crippen LogP contribution in [0.5, 0.6) is 0 Å². The van der Waals surface area contributed by atoms with E-state index in [2.05, 4.69) is 41.4 Å². The number of hydrogen-bond acceptors (Lipinski definition) is 4. The molecule has 0 saturated heterocycles. The number of rotatable bonds is 5. The van der Waals surface area contributed by atoms with E-state index in [1.807, 2.05) is 0 Å². The van der Waals surface area contributed by atoms with Crippen molar-refractivity contribution in [3.63, 3.8) is 0 Å². The van der Waals surface area contributed by atoms with Gasteiger partial charge in [0.2, 0.25) is 0 Å². The molecule has 0 aromatic carbocycles. The molecule has 0 bridgehead atoms. The lowest BCUT2D eigenvalue weighted by molar-refractivity contribution is 0.305. The van der Waals surface area contributed by atoms with Crippen LogP contribution in [0, 0.1) is 0 Å². The Labute approximate surface area is 103 Å². The van der Waals surface area contributed by atoms with Gasteiger partial charge in [-0.2, -0.15) is 0 Å². The van der Waals surface area contributed by atoms with Crippen LogP contribution in [-0.4, -0.2) is 22.1 Å². The van der Waals surface area contributed by atoms with Gasteiger partial charge in [-0.05, 0) is 39.5 Å². The van der Waals surface area contributed by atoms with Crippen molar-refractivity contribution in [1.82, 2.24) is 9.97 Å². The second kappa shape index (κ2) is 4.90. The molecule has 1 fully saturated rings. The fourth-order valence-corrected chi connectivity index (χ4v) is 2.29. The summed E-state index contributed by atoms with van der Waals surface area (Å²) in [7, 11) is 0. The maximum Gasteiger partial charge on any atom is 0.135 e. The molecule has 1 aromatic rings. The normalized spacial score (nSPS) is 17.4. The van der Waals surface area contributed by atoms with E-state index in [4.69, 9.17) is 0 Å². The van der Waals surface area contributed by atoms with Crippen molar-refractivity contribution in [3.8, 4) is 0 Å². The fourth-order valence-electron chi connectivity index (χ4n) is 2.29. The maximum absolute atomic E-state index is 4.40. The van der Waals surface area contributed by atoms with Crippen LogP contribution in [0.2, 0.25) is 0 Å². The van der Waals surface area contributed by atoms with Crippen LogP contribution >= 0.6 is 0 Å². The summed E-state index contributed by atoms with van der Waals surface area (Å²) < 4.78 is 0.